The van der Waals surface area contributed by atoms with Crippen LogP contribution in [0.2, 0.25) is 36.3 Å². The molecular weight excluding hydrogens is 831 g/mol. The minimum absolute atomic E-state index is 0.00637. The molecular formula is C49H71N3O9Si2. The van der Waals surface area contributed by atoms with Crippen LogP contribution in [0.1, 0.15) is 85.2 Å². The number of hydrogen-bond acceptors (Lipinski definition) is 10. The van der Waals surface area contributed by atoms with Gasteiger partial charge in [0, 0.05) is 25.4 Å². The summed E-state index contributed by atoms with van der Waals surface area (Å²) in [6.07, 6.45) is -4.41. The molecule has 6 atom stereocenters. The Bertz CT molecular complexity index is 2200. The van der Waals surface area contributed by atoms with Crippen molar-refractivity contribution in [3.05, 3.63) is 135 Å². The predicted octanol–water partition coefficient (Wildman–Crippen LogP) is 8.52. The maximum Gasteiger partial charge on any atom is 0.333 e. The molecule has 3 aromatic carbocycles. The first-order chi connectivity index (χ1) is 29.2. The van der Waals surface area contributed by atoms with Crippen molar-refractivity contribution >= 4 is 22.6 Å². The fourth-order valence-corrected chi connectivity index (χ4v) is 9.76. The van der Waals surface area contributed by atoms with Crippen LogP contribution in [0.5, 0.6) is 5.75 Å². The van der Waals surface area contributed by atoms with Crippen LogP contribution in [0.25, 0.3) is 0 Å². The SMILES string of the molecule is COc1ccc(Cn2c(=O)ccn([C@@H]3O[C@H]([C@@H](O)[C@@H](C(=O)OC(C)(C)C)N(Cc4ccccc4)Cc4ccccc4)[C@@H](O[Si](C)(C)C(C)(C)C)[C@H]3O[Si](C)(C)C(C)(C)C)c2=O)cc1. The molecule has 1 N–H and O–H groups in total. The van der Waals surface area contributed by atoms with Gasteiger partial charge < -0.3 is 28.2 Å². The summed E-state index contributed by atoms with van der Waals surface area (Å²) in [5, 5.41) is 12.6. The normalized spacial score (nSPS) is 19.8. The highest BCUT2D eigenvalue weighted by Crippen LogP contribution is 2.46. The Balaban J connectivity index is 1.74. The van der Waals surface area contributed by atoms with Crippen molar-refractivity contribution in [3.8, 4) is 5.75 Å². The number of rotatable bonds is 16. The number of nitrogens with zero attached hydrogens (tertiary/aromatic N) is 3. The van der Waals surface area contributed by atoms with E-state index in [-0.39, 0.29) is 16.6 Å². The van der Waals surface area contributed by atoms with Gasteiger partial charge in [-0.2, -0.15) is 0 Å². The smallest absolute Gasteiger partial charge is 0.333 e. The van der Waals surface area contributed by atoms with E-state index in [4.69, 9.17) is 23.1 Å². The second-order valence-corrected chi connectivity index (χ2v) is 30.3. The Hall–Kier alpha value is -4.16. The highest BCUT2D eigenvalue weighted by Gasteiger charge is 2.58. The van der Waals surface area contributed by atoms with E-state index in [1.54, 1.807) is 52.1 Å². The van der Waals surface area contributed by atoms with Crippen LogP contribution in [0.3, 0.4) is 0 Å². The molecule has 0 saturated carbocycles. The van der Waals surface area contributed by atoms with Gasteiger partial charge >= 0.3 is 11.7 Å². The molecule has 1 aliphatic heterocycles. The van der Waals surface area contributed by atoms with E-state index < -0.39 is 76.1 Å². The third-order valence-electron chi connectivity index (χ3n) is 12.7. The summed E-state index contributed by atoms with van der Waals surface area (Å²) in [6, 6.07) is 26.8. The van der Waals surface area contributed by atoms with Crippen molar-refractivity contribution in [1.82, 2.24) is 14.0 Å². The first-order valence-corrected chi connectivity index (χ1v) is 27.7. The van der Waals surface area contributed by atoms with Crippen LogP contribution >= 0.6 is 0 Å². The molecule has 1 saturated heterocycles. The summed E-state index contributed by atoms with van der Waals surface area (Å²) in [4.78, 5) is 45.0. The molecule has 4 aromatic rings. The number of ether oxygens (including phenoxy) is 3. The average molecular weight is 902 g/mol. The number of methoxy groups -OCH3 is 1. The third kappa shape index (κ3) is 12.2. The largest absolute Gasteiger partial charge is 0.497 e. The molecule has 2 heterocycles. The molecule has 344 valence electrons. The first-order valence-electron chi connectivity index (χ1n) is 21.9. The number of hydrogen-bond donors (Lipinski definition) is 1. The van der Waals surface area contributed by atoms with Gasteiger partial charge in [-0.1, -0.05) is 114 Å². The van der Waals surface area contributed by atoms with Crippen LogP contribution in [-0.4, -0.2) is 84.9 Å². The van der Waals surface area contributed by atoms with E-state index in [1.807, 2.05) is 65.6 Å². The molecule has 0 amide bonds. The Kier molecular flexibility index (Phi) is 15.4. The maximum atomic E-state index is 14.8. The van der Waals surface area contributed by atoms with Crippen molar-refractivity contribution in [2.45, 2.75) is 160 Å². The molecule has 14 heteroatoms. The molecule has 1 fully saturated rings. The van der Waals surface area contributed by atoms with E-state index in [0.29, 0.717) is 18.8 Å². The average Bonchev–Trinajstić information content (AvgIpc) is 3.51. The van der Waals surface area contributed by atoms with Crippen molar-refractivity contribution in [1.29, 1.82) is 0 Å². The van der Waals surface area contributed by atoms with Crippen LogP contribution < -0.4 is 16.0 Å². The number of benzene rings is 3. The number of carbonyl (C=O) groups is 1. The van der Waals surface area contributed by atoms with Crippen molar-refractivity contribution in [2.24, 2.45) is 0 Å². The lowest BCUT2D eigenvalue weighted by Crippen LogP contribution is -2.59. The summed E-state index contributed by atoms with van der Waals surface area (Å²) in [5.41, 5.74) is 0.581. The van der Waals surface area contributed by atoms with Gasteiger partial charge in [0.15, 0.2) is 22.9 Å². The molecule has 0 radical (unpaired) electrons. The zero-order chi connectivity index (χ0) is 46.7. The zero-order valence-corrected chi connectivity index (χ0v) is 41.9. The number of carbonyl (C=O) groups excluding carboxylic acids is 1. The van der Waals surface area contributed by atoms with E-state index >= 15 is 0 Å². The lowest BCUT2D eigenvalue weighted by atomic mass is 9.97. The number of aliphatic hydroxyl groups excluding tert-OH is 1. The topological polar surface area (TPSA) is 131 Å². The fourth-order valence-electron chi connectivity index (χ4n) is 7.18. The first kappa shape index (κ1) is 49.9. The lowest BCUT2D eigenvalue weighted by Gasteiger charge is -2.45. The number of esters is 1. The van der Waals surface area contributed by atoms with Crippen molar-refractivity contribution in [3.63, 3.8) is 0 Å². The predicted molar refractivity (Wildman–Crippen MR) is 253 cm³/mol. The van der Waals surface area contributed by atoms with Gasteiger partial charge in [0.25, 0.3) is 5.56 Å². The molecule has 0 spiro atoms. The van der Waals surface area contributed by atoms with Gasteiger partial charge in [-0.3, -0.25) is 23.6 Å². The van der Waals surface area contributed by atoms with Gasteiger partial charge in [-0.05, 0) is 85.9 Å². The number of aromatic nitrogens is 2. The standard InChI is InChI=1S/C49H71N3O9Si2/c1-47(2,3)59-45(55)39(50(31-34-21-17-15-18-22-34)32-35-23-19-16-20-24-35)40(54)41-42(60-62(11,12)48(4,5)6)43(61-63(13,14)49(7,8)9)44(58-41)51-30-29-38(53)52(46(51)56)33-36-25-27-37(57-10)28-26-36/h15-30,39-44,54H,31-33H2,1-14H3/t39-,40-,41+,42+,43+,44+/m0/s1. The maximum absolute atomic E-state index is 14.8. The second kappa shape index (κ2) is 19.5. The molecule has 1 aliphatic rings. The van der Waals surface area contributed by atoms with E-state index in [9.17, 15) is 19.5 Å². The summed E-state index contributed by atoms with van der Waals surface area (Å²) in [7, 11) is -3.87. The highest BCUT2D eigenvalue weighted by molar-refractivity contribution is 6.74. The third-order valence-corrected chi connectivity index (χ3v) is 21.7. The minimum Gasteiger partial charge on any atom is -0.497 e. The van der Waals surface area contributed by atoms with E-state index in [0.717, 1.165) is 21.3 Å². The zero-order valence-electron chi connectivity index (χ0n) is 39.9. The van der Waals surface area contributed by atoms with Crippen LogP contribution in [-0.2, 0) is 42.8 Å². The molecule has 0 unspecified atom stereocenters. The lowest BCUT2D eigenvalue weighted by molar-refractivity contribution is -0.175. The Morgan fingerprint density at radius 2 is 1.22 bits per heavy atom. The summed E-state index contributed by atoms with van der Waals surface area (Å²) in [6.45, 7) is 27.2. The summed E-state index contributed by atoms with van der Waals surface area (Å²) in [5.74, 6) is 0.0155. The van der Waals surface area contributed by atoms with Gasteiger partial charge in [0.05, 0.1) is 13.7 Å². The van der Waals surface area contributed by atoms with Crippen LogP contribution in [0, 0.1) is 0 Å². The molecule has 0 bridgehead atoms. The molecule has 63 heavy (non-hydrogen) atoms. The highest BCUT2D eigenvalue weighted by atomic mass is 28.4. The summed E-state index contributed by atoms with van der Waals surface area (Å²) < 4.78 is 35.8. The monoisotopic (exact) mass is 901 g/mol. The van der Waals surface area contributed by atoms with Gasteiger partial charge in [0.2, 0.25) is 0 Å². The Morgan fingerprint density at radius 1 is 0.730 bits per heavy atom. The van der Waals surface area contributed by atoms with Gasteiger partial charge in [-0.15, -0.1) is 0 Å². The molecule has 5 rings (SSSR count). The molecule has 1 aromatic heterocycles. The second-order valence-electron chi connectivity index (χ2n) is 20.8. The minimum atomic E-state index is -2.73. The van der Waals surface area contributed by atoms with E-state index in [1.165, 1.54) is 16.8 Å². The van der Waals surface area contributed by atoms with E-state index in [2.05, 4.69) is 67.7 Å². The van der Waals surface area contributed by atoms with Gasteiger partial charge in [-0.25, -0.2) is 4.79 Å². The summed E-state index contributed by atoms with van der Waals surface area (Å²) >= 11 is 0. The quantitative estimate of drug-likeness (QED) is 0.0863. The van der Waals surface area contributed by atoms with Crippen LogP contribution in [0.4, 0.5) is 0 Å². The Labute approximate surface area is 376 Å². The van der Waals surface area contributed by atoms with Crippen molar-refractivity contribution in [2.75, 3.05) is 7.11 Å². The molecule has 0 aliphatic carbocycles. The van der Waals surface area contributed by atoms with Crippen LogP contribution in [0.15, 0.2) is 107 Å². The fraction of sp³-hybridized carbons (Fsp3) is 0.531. The van der Waals surface area contributed by atoms with Gasteiger partial charge in [0.1, 0.15) is 41.8 Å². The number of aliphatic hydroxyl groups is 1. The Morgan fingerprint density at radius 3 is 1.68 bits per heavy atom. The molecule has 12 nitrogen and oxygen atoms in total. The van der Waals surface area contributed by atoms with Crippen molar-refractivity contribution < 1.29 is 33.0 Å².